The molecule has 0 aromatic heterocycles. The van der Waals surface area contributed by atoms with E-state index in [4.69, 9.17) is 33.7 Å². The number of ether oxygens (including phenoxy) is 1. The highest BCUT2D eigenvalue weighted by Gasteiger charge is 2.15. The topological polar surface area (TPSA) is 35.2 Å². The quantitative estimate of drug-likeness (QED) is 0.817. The van der Waals surface area contributed by atoms with E-state index in [-0.39, 0.29) is 11.7 Å². The van der Waals surface area contributed by atoms with Gasteiger partial charge in [-0.05, 0) is 55.3 Å². The number of halogens is 3. The van der Waals surface area contributed by atoms with Crippen molar-refractivity contribution in [3.8, 4) is 5.75 Å². The molecule has 0 amide bonds. The third kappa shape index (κ3) is 4.13. The van der Waals surface area contributed by atoms with E-state index in [0.29, 0.717) is 35.4 Å². The van der Waals surface area contributed by atoms with Crippen LogP contribution in [0.5, 0.6) is 5.75 Å². The van der Waals surface area contributed by atoms with Crippen molar-refractivity contribution in [3.63, 3.8) is 0 Å². The molecule has 0 aliphatic carbocycles. The minimum atomic E-state index is -0.265. The molecule has 118 valence electrons. The van der Waals surface area contributed by atoms with Crippen LogP contribution < -0.4 is 10.5 Å². The van der Waals surface area contributed by atoms with Crippen LogP contribution >= 0.6 is 23.2 Å². The molecule has 2 rings (SSSR count). The van der Waals surface area contributed by atoms with Gasteiger partial charge in [0, 0.05) is 5.92 Å². The molecule has 2 N–H and O–H groups in total. The number of hydrogen-bond acceptors (Lipinski definition) is 2. The van der Waals surface area contributed by atoms with Crippen molar-refractivity contribution in [2.45, 2.75) is 19.3 Å². The molecule has 0 heterocycles. The molecule has 2 aromatic carbocycles. The molecule has 0 radical (unpaired) electrons. The van der Waals surface area contributed by atoms with Gasteiger partial charge in [-0.1, -0.05) is 35.3 Å². The van der Waals surface area contributed by atoms with E-state index < -0.39 is 0 Å². The van der Waals surface area contributed by atoms with Crippen LogP contribution in [0.2, 0.25) is 10.0 Å². The number of rotatable bonds is 6. The van der Waals surface area contributed by atoms with E-state index in [1.54, 1.807) is 6.07 Å². The van der Waals surface area contributed by atoms with Crippen molar-refractivity contribution in [2.24, 2.45) is 5.73 Å². The Labute approximate surface area is 140 Å². The highest BCUT2D eigenvalue weighted by Crippen LogP contribution is 2.35. The van der Waals surface area contributed by atoms with Crippen molar-refractivity contribution >= 4 is 23.2 Å². The molecule has 2 aromatic rings. The van der Waals surface area contributed by atoms with Crippen LogP contribution in [0.15, 0.2) is 36.4 Å². The van der Waals surface area contributed by atoms with Crippen LogP contribution in [-0.4, -0.2) is 13.2 Å². The maximum Gasteiger partial charge on any atom is 0.156 e. The first-order chi connectivity index (χ1) is 10.5. The first kappa shape index (κ1) is 17.1. The second-order valence-corrected chi connectivity index (χ2v) is 5.83. The lowest BCUT2D eigenvalue weighted by molar-refractivity contribution is 0.340. The molecule has 22 heavy (non-hydrogen) atoms. The molecule has 0 bridgehead atoms. The van der Waals surface area contributed by atoms with Crippen molar-refractivity contribution in [3.05, 3.63) is 63.4 Å². The summed E-state index contributed by atoms with van der Waals surface area (Å²) in [6.07, 6.45) is 0.631. The molecule has 1 unspecified atom stereocenters. The summed E-state index contributed by atoms with van der Waals surface area (Å²) < 4.78 is 18.8. The van der Waals surface area contributed by atoms with Gasteiger partial charge in [-0.15, -0.1) is 0 Å². The van der Waals surface area contributed by atoms with Gasteiger partial charge in [0.1, 0.15) is 5.82 Å². The van der Waals surface area contributed by atoms with Crippen LogP contribution in [0.3, 0.4) is 0 Å². The molecule has 0 aliphatic heterocycles. The molecule has 0 spiro atoms. The van der Waals surface area contributed by atoms with E-state index in [0.717, 1.165) is 11.1 Å². The summed E-state index contributed by atoms with van der Waals surface area (Å²) in [7, 11) is 0. The van der Waals surface area contributed by atoms with Crippen LogP contribution in [0.25, 0.3) is 0 Å². The lowest BCUT2D eigenvalue weighted by atomic mass is 9.92. The summed E-state index contributed by atoms with van der Waals surface area (Å²) in [5.74, 6) is 0.226. The first-order valence-corrected chi connectivity index (χ1v) is 7.87. The SMILES string of the molecule is CCOc1c(Cl)cc(CC(CN)c2cccc(F)c2)cc1Cl. The monoisotopic (exact) mass is 341 g/mol. The Morgan fingerprint density at radius 2 is 1.86 bits per heavy atom. The lowest BCUT2D eigenvalue weighted by Gasteiger charge is -2.17. The van der Waals surface area contributed by atoms with Gasteiger partial charge in [-0.3, -0.25) is 0 Å². The zero-order valence-corrected chi connectivity index (χ0v) is 13.8. The summed E-state index contributed by atoms with van der Waals surface area (Å²) in [6.45, 7) is 2.77. The maximum atomic E-state index is 13.4. The minimum Gasteiger partial charge on any atom is -0.491 e. The third-order valence-electron chi connectivity index (χ3n) is 3.43. The van der Waals surface area contributed by atoms with Crippen LogP contribution in [0.1, 0.15) is 24.0 Å². The van der Waals surface area contributed by atoms with Gasteiger partial charge in [0.05, 0.1) is 16.7 Å². The lowest BCUT2D eigenvalue weighted by Crippen LogP contribution is -2.15. The molecule has 0 saturated heterocycles. The summed E-state index contributed by atoms with van der Waals surface area (Å²) in [6, 6.07) is 10.1. The molecule has 5 heteroatoms. The minimum absolute atomic E-state index is 0.000719. The molecule has 0 saturated carbocycles. The van der Waals surface area contributed by atoms with Gasteiger partial charge in [-0.2, -0.15) is 0 Å². The predicted molar refractivity (Wildman–Crippen MR) is 89.5 cm³/mol. The molecule has 1 atom stereocenters. The van der Waals surface area contributed by atoms with Gasteiger partial charge < -0.3 is 10.5 Å². The van der Waals surface area contributed by atoms with E-state index in [1.165, 1.54) is 12.1 Å². The summed E-state index contributed by atoms with van der Waals surface area (Å²) >= 11 is 12.4. The molecular formula is C17H18Cl2FNO. The van der Waals surface area contributed by atoms with Crippen molar-refractivity contribution < 1.29 is 9.13 Å². The van der Waals surface area contributed by atoms with Gasteiger partial charge in [0.2, 0.25) is 0 Å². The van der Waals surface area contributed by atoms with Crippen molar-refractivity contribution in [1.82, 2.24) is 0 Å². The molecule has 0 aliphatic rings. The number of benzene rings is 2. The Morgan fingerprint density at radius 3 is 2.41 bits per heavy atom. The maximum absolute atomic E-state index is 13.4. The Bertz CT molecular complexity index is 625. The first-order valence-electron chi connectivity index (χ1n) is 7.11. The zero-order chi connectivity index (χ0) is 16.1. The highest BCUT2D eigenvalue weighted by molar-refractivity contribution is 6.37. The van der Waals surface area contributed by atoms with Gasteiger partial charge in [0.15, 0.2) is 5.75 Å². The van der Waals surface area contributed by atoms with Gasteiger partial charge in [0.25, 0.3) is 0 Å². The van der Waals surface area contributed by atoms with Gasteiger partial charge in [-0.25, -0.2) is 4.39 Å². The summed E-state index contributed by atoms with van der Waals surface area (Å²) in [4.78, 5) is 0. The largest absolute Gasteiger partial charge is 0.491 e. The van der Waals surface area contributed by atoms with Crippen LogP contribution in [0.4, 0.5) is 4.39 Å². The molecule has 2 nitrogen and oxygen atoms in total. The molecule has 0 fully saturated rings. The predicted octanol–water partition coefficient (Wildman–Crippen LogP) is 4.82. The van der Waals surface area contributed by atoms with Gasteiger partial charge >= 0.3 is 0 Å². The second-order valence-electron chi connectivity index (χ2n) is 5.01. The fourth-order valence-corrected chi connectivity index (χ4v) is 3.04. The highest BCUT2D eigenvalue weighted by atomic mass is 35.5. The number of hydrogen-bond donors (Lipinski definition) is 1. The van der Waals surface area contributed by atoms with E-state index in [1.807, 2.05) is 25.1 Å². The summed E-state index contributed by atoms with van der Waals surface area (Å²) in [5.41, 5.74) is 7.65. The standard InChI is InChI=1S/C17H18Cl2FNO/c1-2-22-17-15(18)7-11(8-16(17)19)6-13(10-21)12-4-3-5-14(20)9-12/h3-5,7-9,13H,2,6,10,21H2,1H3. The fraction of sp³-hybridized carbons (Fsp3) is 0.294. The van der Waals surface area contributed by atoms with Crippen LogP contribution in [0, 0.1) is 5.82 Å². The van der Waals surface area contributed by atoms with E-state index in [9.17, 15) is 4.39 Å². The fourth-order valence-electron chi connectivity index (χ4n) is 2.39. The molecular weight excluding hydrogens is 324 g/mol. The summed E-state index contributed by atoms with van der Waals surface area (Å²) in [5, 5.41) is 0.943. The number of nitrogens with two attached hydrogens (primary N) is 1. The van der Waals surface area contributed by atoms with Crippen molar-refractivity contribution in [2.75, 3.05) is 13.2 Å². The Kier molecular flexibility index (Phi) is 6.07. The van der Waals surface area contributed by atoms with Crippen LogP contribution in [-0.2, 0) is 6.42 Å². The third-order valence-corrected chi connectivity index (χ3v) is 3.99. The average Bonchev–Trinajstić information content (AvgIpc) is 2.48. The van der Waals surface area contributed by atoms with Crippen molar-refractivity contribution in [1.29, 1.82) is 0 Å². The van der Waals surface area contributed by atoms with E-state index in [2.05, 4.69) is 0 Å². The smallest absolute Gasteiger partial charge is 0.156 e. The Balaban J connectivity index is 2.25. The van der Waals surface area contributed by atoms with E-state index >= 15 is 0 Å². The average molecular weight is 342 g/mol. The Hall–Kier alpha value is -1.29. The normalized spacial score (nSPS) is 12.2. The second kappa shape index (κ2) is 7.82. The zero-order valence-electron chi connectivity index (χ0n) is 12.3. The Morgan fingerprint density at radius 1 is 1.18 bits per heavy atom.